The Kier molecular flexibility index (Phi) is 5.95. The normalized spacial score (nSPS) is 15.7. The number of nitrogens with zero attached hydrogens (tertiary/aromatic N) is 3. The monoisotopic (exact) mass is 388 g/mol. The number of hydrogen-bond acceptors (Lipinski definition) is 6. The first-order valence-electron chi connectivity index (χ1n) is 8.81. The third kappa shape index (κ3) is 4.57. The second kappa shape index (κ2) is 8.39. The minimum atomic E-state index is -0.0820. The van der Waals surface area contributed by atoms with E-state index in [4.69, 9.17) is 4.74 Å². The number of carbonyl (C=O) groups is 2. The summed E-state index contributed by atoms with van der Waals surface area (Å²) in [5, 5.41) is 4.92. The van der Waals surface area contributed by atoms with Gasteiger partial charge in [-0.15, -0.1) is 11.3 Å². The number of rotatable bonds is 6. The Bertz CT molecular complexity index is 807. The predicted octanol–water partition coefficient (Wildman–Crippen LogP) is 1.79. The van der Waals surface area contributed by atoms with Crippen molar-refractivity contribution >= 4 is 28.8 Å². The van der Waals surface area contributed by atoms with Crippen LogP contribution in [-0.4, -0.2) is 62.0 Å². The average molecular weight is 388 g/mol. The molecular weight excluding hydrogens is 364 g/mol. The van der Waals surface area contributed by atoms with Gasteiger partial charge in [-0.3, -0.25) is 9.59 Å². The zero-order valence-electron chi connectivity index (χ0n) is 15.8. The molecular formula is C19H24N4O3S. The Morgan fingerprint density at radius 1 is 1.41 bits per heavy atom. The zero-order chi connectivity index (χ0) is 19.4. The molecule has 0 spiro atoms. The fourth-order valence-corrected chi connectivity index (χ4v) is 3.57. The second-order valence-electron chi connectivity index (χ2n) is 6.74. The third-order valence-corrected chi connectivity index (χ3v) is 5.21. The van der Waals surface area contributed by atoms with Gasteiger partial charge in [0.05, 0.1) is 29.4 Å². The highest BCUT2D eigenvalue weighted by atomic mass is 32.1. The average Bonchev–Trinajstić information content (AvgIpc) is 3.16. The smallest absolute Gasteiger partial charge is 0.253 e. The van der Waals surface area contributed by atoms with Gasteiger partial charge < -0.3 is 19.9 Å². The van der Waals surface area contributed by atoms with Crippen LogP contribution < -0.4 is 15.0 Å². The van der Waals surface area contributed by atoms with E-state index >= 15 is 0 Å². The van der Waals surface area contributed by atoms with E-state index in [0.29, 0.717) is 25.1 Å². The lowest BCUT2D eigenvalue weighted by Gasteiger charge is -2.35. The van der Waals surface area contributed by atoms with Crippen molar-refractivity contribution in [2.45, 2.75) is 18.9 Å². The minimum absolute atomic E-state index is 0.0188. The molecule has 2 amide bonds. The van der Waals surface area contributed by atoms with E-state index in [2.05, 4.69) is 10.3 Å². The van der Waals surface area contributed by atoms with Crippen molar-refractivity contribution in [3.05, 3.63) is 40.3 Å². The number of anilines is 1. The van der Waals surface area contributed by atoms with Crippen LogP contribution in [0.3, 0.4) is 0 Å². The summed E-state index contributed by atoms with van der Waals surface area (Å²) < 4.78 is 5.81. The predicted molar refractivity (Wildman–Crippen MR) is 106 cm³/mol. The first-order chi connectivity index (χ1) is 13.0. The van der Waals surface area contributed by atoms with E-state index in [0.717, 1.165) is 23.6 Å². The van der Waals surface area contributed by atoms with E-state index in [1.165, 1.54) is 0 Å². The minimum Gasteiger partial charge on any atom is -0.489 e. The molecule has 1 N–H and O–H groups in total. The molecule has 0 bridgehead atoms. The molecule has 27 heavy (non-hydrogen) atoms. The van der Waals surface area contributed by atoms with E-state index in [9.17, 15) is 9.59 Å². The van der Waals surface area contributed by atoms with Crippen molar-refractivity contribution in [2.24, 2.45) is 0 Å². The molecule has 1 aliphatic heterocycles. The number of fused-ring (bicyclic) bond motifs is 1. The summed E-state index contributed by atoms with van der Waals surface area (Å²) in [4.78, 5) is 32.3. The zero-order valence-corrected chi connectivity index (χ0v) is 16.6. The number of thiazole rings is 1. The van der Waals surface area contributed by atoms with Crippen LogP contribution >= 0.6 is 11.3 Å². The van der Waals surface area contributed by atoms with Crippen molar-refractivity contribution in [2.75, 3.05) is 39.2 Å². The van der Waals surface area contributed by atoms with Gasteiger partial charge in [0, 0.05) is 45.1 Å². The largest absolute Gasteiger partial charge is 0.489 e. The lowest BCUT2D eigenvalue weighted by atomic mass is 10.1. The highest BCUT2D eigenvalue weighted by molar-refractivity contribution is 7.07. The summed E-state index contributed by atoms with van der Waals surface area (Å²) >= 11 is 1.55. The molecule has 1 aliphatic rings. The Morgan fingerprint density at radius 3 is 2.93 bits per heavy atom. The number of likely N-dealkylation sites (N-methyl/N-ethyl adjacent to an activating group) is 1. The third-order valence-electron chi connectivity index (χ3n) is 4.58. The number of hydrogen-bond donors (Lipinski definition) is 1. The summed E-state index contributed by atoms with van der Waals surface area (Å²) in [6.45, 7) is 1.00. The van der Waals surface area contributed by atoms with Crippen molar-refractivity contribution in [3.63, 3.8) is 0 Å². The highest BCUT2D eigenvalue weighted by Crippen LogP contribution is 2.34. The van der Waals surface area contributed by atoms with E-state index in [1.54, 1.807) is 41.9 Å². The molecule has 8 heteroatoms. The first kappa shape index (κ1) is 19.2. The SMILES string of the molecule is CN(C)C(=O)c1ccc2c(c1)N(C)C(CC(=O)NCCc1cscn1)CO2. The molecule has 0 aliphatic carbocycles. The summed E-state index contributed by atoms with van der Waals surface area (Å²) in [5.41, 5.74) is 4.21. The molecule has 2 heterocycles. The molecule has 0 radical (unpaired) electrons. The molecule has 0 fully saturated rings. The maximum absolute atomic E-state index is 12.3. The summed E-state index contributed by atoms with van der Waals surface area (Å²) in [6, 6.07) is 5.32. The number of carbonyl (C=O) groups excluding carboxylic acids is 2. The van der Waals surface area contributed by atoms with E-state index in [1.807, 2.05) is 29.5 Å². The van der Waals surface area contributed by atoms with Gasteiger partial charge in [0.15, 0.2) is 0 Å². The number of nitrogens with one attached hydrogen (secondary N) is 1. The Balaban J connectivity index is 1.60. The maximum atomic E-state index is 12.3. The van der Waals surface area contributed by atoms with Crippen molar-refractivity contribution in [3.8, 4) is 5.75 Å². The Morgan fingerprint density at radius 2 is 2.22 bits per heavy atom. The van der Waals surface area contributed by atoms with Crippen LogP contribution in [0, 0.1) is 0 Å². The fourth-order valence-electron chi connectivity index (χ4n) is 2.97. The van der Waals surface area contributed by atoms with Crippen LogP contribution in [0.15, 0.2) is 29.1 Å². The van der Waals surface area contributed by atoms with E-state index < -0.39 is 0 Å². The lowest BCUT2D eigenvalue weighted by molar-refractivity contribution is -0.121. The van der Waals surface area contributed by atoms with Gasteiger partial charge in [-0.25, -0.2) is 4.98 Å². The molecule has 0 saturated carbocycles. The molecule has 2 aromatic rings. The molecule has 0 saturated heterocycles. The van der Waals surface area contributed by atoms with Gasteiger partial charge in [-0.2, -0.15) is 0 Å². The van der Waals surface area contributed by atoms with Crippen LogP contribution in [0.4, 0.5) is 5.69 Å². The first-order valence-corrected chi connectivity index (χ1v) is 9.75. The maximum Gasteiger partial charge on any atom is 0.253 e. The molecule has 3 rings (SSSR count). The molecule has 7 nitrogen and oxygen atoms in total. The Hall–Kier alpha value is -2.61. The summed E-state index contributed by atoms with van der Waals surface area (Å²) in [6.07, 6.45) is 1.06. The molecule has 1 atom stereocenters. The summed E-state index contributed by atoms with van der Waals surface area (Å²) in [5.74, 6) is 0.649. The molecule has 1 aromatic carbocycles. The van der Waals surface area contributed by atoms with Crippen LogP contribution in [0.25, 0.3) is 0 Å². The van der Waals surface area contributed by atoms with Gasteiger partial charge in [0.2, 0.25) is 5.91 Å². The van der Waals surface area contributed by atoms with Gasteiger partial charge >= 0.3 is 0 Å². The molecule has 144 valence electrons. The van der Waals surface area contributed by atoms with Gasteiger partial charge in [-0.05, 0) is 18.2 Å². The highest BCUT2D eigenvalue weighted by Gasteiger charge is 2.27. The topological polar surface area (TPSA) is 74.8 Å². The van der Waals surface area contributed by atoms with Crippen molar-refractivity contribution in [1.29, 1.82) is 0 Å². The quantitative estimate of drug-likeness (QED) is 0.817. The number of ether oxygens (including phenoxy) is 1. The molecule has 1 unspecified atom stereocenters. The van der Waals surface area contributed by atoms with Crippen molar-refractivity contribution in [1.82, 2.24) is 15.2 Å². The van der Waals surface area contributed by atoms with Crippen LogP contribution in [0.1, 0.15) is 22.5 Å². The number of benzene rings is 1. The van der Waals surface area contributed by atoms with E-state index in [-0.39, 0.29) is 17.9 Å². The second-order valence-corrected chi connectivity index (χ2v) is 7.46. The van der Waals surface area contributed by atoms with Crippen LogP contribution in [0.2, 0.25) is 0 Å². The van der Waals surface area contributed by atoms with Crippen LogP contribution in [-0.2, 0) is 11.2 Å². The number of amides is 2. The standard InChI is InChI=1S/C19H24N4O3S/c1-22(2)19(25)13-4-5-17-16(8-13)23(3)15(10-26-17)9-18(24)20-7-6-14-11-27-12-21-14/h4-5,8,11-12,15H,6-7,9-10H2,1-3H3,(H,20,24). The van der Waals surface area contributed by atoms with Gasteiger partial charge in [0.25, 0.3) is 5.91 Å². The van der Waals surface area contributed by atoms with Gasteiger partial charge in [0.1, 0.15) is 12.4 Å². The van der Waals surface area contributed by atoms with Gasteiger partial charge in [-0.1, -0.05) is 0 Å². The lowest BCUT2D eigenvalue weighted by Crippen LogP contribution is -2.44. The number of aromatic nitrogens is 1. The van der Waals surface area contributed by atoms with Crippen LogP contribution in [0.5, 0.6) is 5.75 Å². The fraction of sp³-hybridized carbons (Fsp3) is 0.421. The van der Waals surface area contributed by atoms with Crippen molar-refractivity contribution < 1.29 is 14.3 Å². The molecule has 1 aromatic heterocycles. The summed E-state index contributed by atoms with van der Waals surface area (Å²) in [7, 11) is 5.38. The Labute approximate surface area is 162 Å².